The lowest BCUT2D eigenvalue weighted by molar-refractivity contribution is 0.0670. The van der Waals surface area contributed by atoms with Crippen molar-refractivity contribution in [3.05, 3.63) is 45.7 Å². The summed E-state index contributed by atoms with van der Waals surface area (Å²) in [6.07, 6.45) is 6.36. The van der Waals surface area contributed by atoms with E-state index in [1.807, 2.05) is 11.0 Å². The van der Waals surface area contributed by atoms with Gasteiger partial charge in [0, 0.05) is 43.6 Å². The Bertz CT molecular complexity index is 902. The summed E-state index contributed by atoms with van der Waals surface area (Å²) in [6, 6.07) is 5.31. The van der Waals surface area contributed by atoms with Crippen LogP contribution in [0.3, 0.4) is 0 Å². The Morgan fingerprint density at radius 3 is 2.52 bits per heavy atom. The third-order valence-electron chi connectivity index (χ3n) is 5.94. The van der Waals surface area contributed by atoms with Gasteiger partial charge in [-0.2, -0.15) is 5.10 Å². The van der Waals surface area contributed by atoms with E-state index >= 15 is 0 Å². The third-order valence-corrected chi connectivity index (χ3v) is 5.94. The molecule has 2 saturated carbocycles. The summed E-state index contributed by atoms with van der Waals surface area (Å²) >= 11 is 0. The molecule has 2 aliphatic carbocycles. The summed E-state index contributed by atoms with van der Waals surface area (Å²) in [5, 5.41) is 8.52. The van der Waals surface area contributed by atoms with Crippen LogP contribution in [0.25, 0.3) is 0 Å². The Labute approximate surface area is 157 Å². The minimum absolute atomic E-state index is 0.0342. The molecule has 5 rings (SSSR count). The lowest BCUT2D eigenvalue weighted by Gasteiger charge is -2.31. The molecular weight excluding hydrogens is 344 g/mol. The first kappa shape index (κ1) is 16.7. The molecule has 0 bridgehead atoms. The van der Waals surface area contributed by atoms with E-state index in [1.54, 1.807) is 16.8 Å². The van der Waals surface area contributed by atoms with E-state index in [0.29, 0.717) is 43.1 Å². The maximum Gasteiger partial charge on any atom is 0.276 e. The summed E-state index contributed by atoms with van der Waals surface area (Å²) in [5.41, 5.74) is 1.43. The lowest BCUT2D eigenvalue weighted by Crippen LogP contribution is -2.40. The van der Waals surface area contributed by atoms with Crippen LogP contribution in [0.1, 0.15) is 72.3 Å². The zero-order valence-corrected chi connectivity index (χ0v) is 15.3. The van der Waals surface area contributed by atoms with Gasteiger partial charge in [-0.15, -0.1) is 0 Å². The number of likely N-dealkylation sites (tertiary alicyclic amines) is 1. The fourth-order valence-corrected chi connectivity index (χ4v) is 3.87. The van der Waals surface area contributed by atoms with Crippen molar-refractivity contribution in [2.75, 3.05) is 13.1 Å². The van der Waals surface area contributed by atoms with Crippen LogP contribution in [0.15, 0.2) is 27.5 Å². The maximum absolute atomic E-state index is 12.6. The van der Waals surface area contributed by atoms with Crippen molar-refractivity contribution in [1.29, 1.82) is 0 Å². The number of piperidine rings is 1. The molecule has 2 aromatic heterocycles. The third kappa shape index (κ3) is 3.55. The summed E-state index contributed by atoms with van der Waals surface area (Å²) in [6.45, 7) is 2.01. The van der Waals surface area contributed by atoms with E-state index in [-0.39, 0.29) is 11.5 Å². The number of rotatable bonds is 5. The Morgan fingerprint density at radius 1 is 1.07 bits per heavy atom. The van der Waals surface area contributed by atoms with Gasteiger partial charge in [0.1, 0.15) is 5.76 Å². The first-order valence-corrected chi connectivity index (χ1v) is 10.0. The topological polar surface area (TPSA) is 81.2 Å². The molecule has 1 saturated heterocycles. The molecule has 0 atom stereocenters. The molecule has 3 fully saturated rings. The highest BCUT2D eigenvalue weighted by Gasteiger charge is 2.31. The molecule has 0 aromatic carbocycles. The van der Waals surface area contributed by atoms with Crippen LogP contribution in [0.5, 0.6) is 0 Å². The normalized spacial score (nSPS) is 20.8. The van der Waals surface area contributed by atoms with E-state index < -0.39 is 0 Å². The highest BCUT2D eigenvalue weighted by Crippen LogP contribution is 2.40. The average molecular weight is 368 g/mol. The van der Waals surface area contributed by atoms with Crippen LogP contribution in [0.4, 0.5) is 0 Å². The molecule has 0 spiro atoms. The van der Waals surface area contributed by atoms with Crippen molar-refractivity contribution in [2.45, 2.75) is 56.9 Å². The molecule has 1 amide bonds. The predicted molar refractivity (Wildman–Crippen MR) is 97.6 cm³/mol. The van der Waals surface area contributed by atoms with Crippen LogP contribution in [0.2, 0.25) is 0 Å². The van der Waals surface area contributed by atoms with Crippen LogP contribution < -0.4 is 5.56 Å². The van der Waals surface area contributed by atoms with Crippen molar-refractivity contribution in [1.82, 2.24) is 19.8 Å². The maximum atomic E-state index is 12.6. The molecule has 3 aliphatic rings. The summed E-state index contributed by atoms with van der Waals surface area (Å²) < 4.78 is 6.93. The van der Waals surface area contributed by atoms with Crippen molar-refractivity contribution in [2.24, 2.45) is 5.92 Å². The number of hydrogen-bond acceptors (Lipinski definition) is 5. The second-order valence-electron chi connectivity index (χ2n) is 8.18. The molecule has 142 valence electrons. The van der Waals surface area contributed by atoms with Crippen molar-refractivity contribution in [3.8, 4) is 0 Å². The Morgan fingerprint density at radius 2 is 1.81 bits per heavy atom. The van der Waals surface area contributed by atoms with Crippen LogP contribution in [-0.4, -0.2) is 38.8 Å². The Hall–Kier alpha value is -2.44. The van der Waals surface area contributed by atoms with Gasteiger partial charge in [-0.05, 0) is 50.5 Å². The summed E-state index contributed by atoms with van der Waals surface area (Å²) in [7, 11) is 0. The fourth-order valence-electron chi connectivity index (χ4n) is 3.87. The van der Waals surface area contributed by atoms with Gasteiger partial charge in [-0.3, -0.25) is 9.59 Å². The lowest BCUT2D eigenvalue weighted by atomic mass is 9.96. The van der Waals surface area contributed by atoms with Gasteiger partial charge in [-0.25, -0.2) is 4.68 Å². The molecule has 0 unspecified atom stereocenters. The number of amides is 1. The highest BCUT2D eigenvalue weighted by molar-refractivity contribution is 5.92. The molecule has 27 heavy (non-hydrogen) atoms. The SMILES string of the molecule is O=C(c1cc(C2CC2)on1)N1CCC(Cn2nc(C3CC3)ccc2=O)CC1. The Kier molecular flexibility index (Phi) is 4.10. The van der Waals surface area contributed by atoms with Crippen LogP contribution in [-0.2, 0) is 6.54 Å². The van der Waals surface area contributed by atoms with Gasteiger partial charge in [-0.1, -0.05) is 5.16 Å². The first-order valence-electron chi connectivity index (χ1n) is 10.0. The van der Waals surface area contributed by atoms with Crippen molar-refractivity contribution >= 4 is 5.91 Å². The number of hydrogen-bond donors (Lipinski definition) is 0. The van der Waals surface area contributed by atoms with Crippen molar-refractivity contribution in [3.63, 3.8) is 0 Å². The second kappa shape index (κ2) is 6.62. The number of aromatic nitrogens is 3. The summed E-state index contributed by atoms with van der Waals surface area (Å²) in [5.74, 6) is 2.17. The molecule has 7 heteroatoms. The van der Waals surface area contributed by atoms with E-state index in [1.165, 1.54) is 12.8 Å². The number of carbonyl (C=O) groups excluding carboxylic acids is 1. The Balaban J connectivity index is 1.19. The van der Waals surface area contributed by atoms with Crippen LogP contribution >= 0.6 is 0 Å². The molecule has 1 aliphatic heterocycles. The van der Waals surface area contributed by atoms with Gasteiger partial charge >= 0.3 is 0 Å². The van der Waals surface area contributed by atoms with Gasteiger partial charge in [0.15, 0.2) is 5.69 Å². The van der Waals surface area contributed by atoms with Gasteiger partial charge in [0.05, 0.1) is 5.69 Å². The van der Waals surface area contributed by atoms with E-state index in [4.69, 9.17) is 4.52 Å². The number of carbonyl (C=O) groups is 1. The van der Waals surface area contributed by atoms with Gasteiger partial charge in [0.25, 0.3) is 11.5 Å². The zero-order chi connectivity index (χ0) is 18.4. The average Bonchev–Trinajstić information content (AvgIpc) is 3.62. The van der Waals surface area contributed by atoms with Crippen LogP contribution in [0, 0.1) is 5.92 Å². The molecule has 3 heterocycles. The first-order chi connectivity index (χ1) is 13.2. The molecule has 7 nitrogen and oxygen atoms in total. The molecule has 2 aromatic rings. The van der Waals surface area contributed by atoms with E-state index in [2.05, 4.69) is 10.3 Å². The van der Waals surface area contributed by atoms with Gasteiger partial charge < -0.3 is 9.42 Å². The quantitative estimate of drug-likeness (QED) is 0.810. The molecule has 0 radical (unpaired) electrons. The van der Waals surface area contributed by atoms with Gasteiger partial charge in [0.2, 0.25) is 0 Å². The smallest absolute Gasteiger partial charge is 0.276 e. The fraction of sp³-hybridized carbons (Fsp3) is 0.600. The zero-order valence-electron chi connectivity index (χ0n) is 15.3. The number of nitrogens with zero attached hydrogens (tertiary/aromatic N) is 4. The van der Waals surface area contributed by atoms with E-state index in [9.17, 15) is 9.59 Å². The minimum atomic E-state index is -0.0462. The van der Waals surface area contributed by atoms with Crippen molar-refractivity contribution < 1.29 is 9.32 Å². The second-order valence-corrected chi connectivity index (χ2v) is 8.18. The summed E-state index contributed by atoms with van der Waals surface area (Å²) in [4.78, 5) is 26.6. The monoisotopic (exact) mass is 368 g/mol. The highest BCUT2D eigenvalue weighted by atomic mass is 16.5. The largest absolute Gasteiger partial charge is 0.360 e. The standard InChI is InChI=1S/C20H24N4O3/c25-19-6-5-16(14-1-2-14)21-24(19)12-13-7-9-23(10-8-13)20(26)17-11-18(27-22-17)15-3-4-15/h5-6,11,13-15H,1-4,7-10,12H2. The minimum Gasteiger partial charge on any atom is -0.360 e. The predicted octanol–water partition coefficient (Wildman–Crippen LogP) is 2.54. The van der Waals surface area contributed by atoms with E-state index in [0.717, 1.165) is 37.1 Å². The molecular formula is C20H24N4O3. The molecule has 0 N–H and O–H groups in total.